The van der Waals surface area contributed by atoms with Crippen LogP contribution in [-0.4, -0.2) is 32.4 Å². The van der Waals surface area contributed by atoms with E-state index in [1.807, 2.05) is 37.3 Å². The van der Waals surface area contributed by atoms with Crippen LogP contribution < -0.4 is 19.6 Å². The molecule has 28 heavy (non-hydrogen) atoms. The minimum atomic E-state index is -0.341. The lowest BCUT2D eigenvalue weighted by Crippen LogP contribution is -2.24. The van der Waals surface area contributed by atoms with E-state index in [-0.39, 0.29) is 12.5 Å². The molecule has 2 aromatic rings. The first-order chi connectivity index (χ1) is 13.7. The average molecular weight is 384 g/mol. The van der Waals surface area contributed by atoms with Gasteiger partial charge in [-0.1, -0.05) is 25.5 Å². The van der Waals surface area contributed by atoms with Crippen LogP contribution in [0.25, 0.3) is 0 Å². The number of unbranched alkanes of at least 4 members (excludes halogenated alkanes) is 1. The van der Waals surface area contributed by atoms with Crippen LogP contribution in [0.5, 0.6) is 17.2 Å². The number of rotatable bonds is 11. The van der Waals surface area contributed by atoms with Gasteiger partial charge in [-0.2, -0.15) is 5.10 Å². The number of ether oxygens (including phenoxy) is 3. The molecule has 0 atom stereocenters. The zero-order chi connectivity index (χ0) is 20.2. The molecule has 0 fully saturated rings. The molecule has 1 amide bonds. The Morgan fingerprint density at radius 2 is 1.82 bits per heavy atom. The molecule has 0 radical (unpaired) electrons. The number of nitrogens with one attached hydrogen (secondary N) is 1. The smallest absolute Gasteiger partial charge is 0.277 e. The molecule has 6 heteroatoms. The van der Waals surface area contributed by atoms with E-state index in [4.69, 9.17) is 14.2 Å². The van der Waals surface area contributed by atoms with Gasteiger partial charge in [0.25, 0.3) is 5.91 Å². The maximum Gasteiger partial charge on any atom is 0.277 e. The molecule has 0 aromatic heterocycles. The third-order valence-corrected chi connectivity index (χ3v) is 4.02. The van der Waals surface area contributed by atoms with E-state index >= 15 is 0 Å². The Hall–Kier alpha value is -3.02. The van der Waals surface area contributed by atoms with Crippen molar-refractivity contribution in [1.29, 1.82) is 0 Å². The summed E-state index contributed by atoms with van der Waals surface area (Å²) in [6.07, 6.45) is 4.91. The fourth-order valence-corrected chi connectivity index (χ4v) is 2.53. The number of hydrazone groups is 1. The number of hydrogen-bond donors (Lipinski definition) is 1. The first-order valence-electron chi connectivity index (χ1n) is 9.50. The van der Waals surface area contributed by atoms with Crippen LogP contribution in [0, 0.1) is 0 Å². The summed E-state index contributed by atoms with van der Waals surface area (Å²) >= 11 is 0. The summed E-state index contributed by atoms with van der Waals surface area (Å²) in [6, 6.07) is 13.2. The number of aryl methyl sites for hydroxylation is 1. The number of methoxy groups -OCH3 is 1. The second-order valence-electron chi connectivity index (χ2n) is 6.17. The standard InChI is InChI=1S/C22H28N2O4/c1-4-6-7-17-8-10-19(11-9-17)28-16-22(25)24-23-15-18-14-20(26-3)12-13-21(18)27-5-2/h8-15H,4-7,16H2,1-3H3,(H,24,25)/b23-15-. The topological polar surface area (TPSA) is 69.2 Å². The highest BCUT2D eigenvalue weighted by Gasteiger charge is 2.05. The molecule has 2 aromatic carbocycles. The van der Waals surface area contributed by atoms with Crippen LogP contribution in [0.2, 0.25) is 0 Å². The van der Waals surface area contributed by atoms with Crippen molar-refractivity contribution in [2.75, 3.05) is 20.3 Å². The van der Waals surface area contributed by atoms with Crippen molar-refractivity contribution in [2.45, 2.75) is 33.1 Å². The summed E-state index contributed by atoms with van der Waals surface area (Å²) < 4.78 is 16.3. The molecule has 0 bridgehead atoms. The number of carbonyl (C=O) groups is 1. The van der Waals surface area contributed by atoms with E-state index in [0.29, 0.717) is 29.4 Å². The second kappa shape index (κ2) is 11.6. The monoisotopic (exact) mass is 384 g/mol. The number of benzene rings is 2. The van der Waals surface area contributed by atoms with Gasteiger partial charge >= 0.3 is 0 Å². The maximum absolute atomic E-state index is 11.9. The summed E-state index contributed by atoms with van der Waals surface area (Å²) in [4.78, 5) is 11.9. The molecule has 0 saturated carbocycles. The zero-order valence-electron chi connectivity index (χ0n) is 16.7. The highest BCUT2D eigenvalue weighted by Crippen LogP contribution is 2.22. The highest BCUT2D eigenvalue weighted by molar-refractivity contribution is 5.86. The molecule has 0 aliphatic carbocycles. The third-order valence-electron chi connectivity index (χ3n) is 4.02. The van der Waals surface area contributed by atoms with Gasteiger partial charge in [0, 0.05) is 5.56 Å². The van der Waals surface area contributed by atoms with Gasteiger partial charge in [0.15, 0.2) is 6.61 Å². The van der Waals surface area contributed by atoms with Crippen LogP contribution in [0.1, 0.15) is 37.8 Å². The van der Waals surface area contributed by atoms with Gasteiger partial charge in [-0.05, 0) is 55.7 Å². The molecule has 0 aliphatic rings. The average Bonchev–Trinajstić information content (AvgIpc) is 2.72. The number of hydrogen-bond acceptors (Lipinski definition) is 5. The van der Waals surface area contributed by atoms with Crippen LogP contribution >= 0.6 is 0 Å². The molecule has 6 nitrogen and oxygen atoms in total. The molecule has 0 aliphatic heterocycles. The molecule has 0 unspecified atom stereocenters. The molecular formula is C22H28N2O4. The Kier molecular flexibility index (Phi) is 8.85. The minimum Gasteiger partial charge on any atom is -0.497 e. The van der Waals surface area contributed by atoms with Gasteiger partial charge in [0.05, 0.1) is 19.9 Å². The molecule has 150 valence electrons. The number of amides is 1. The summed E-state index contributed by atoms with van der Waals surface area (Å²) in [5.41, 5.74) is 4.44. The van der Waals surface area contributed by atoms with Gasteiger partial charge < -0.3 is 14.2 Å². The van der Waals surface area contributed by atoms with Crippen LogP contribution in [0.3, 0.4) is 0 Å². The summed E-state index contributed by atoms with van der Waals surface area (Å²) in [6.45, 7) is 4.50. The van der Waals surface area contributed by atoms with Gasteiger partial charge in [0.1, 0.15) is 17.2 Å². The van der Waals surface area contributed by atoms with E-state index < -0.39 is 0 Å². The number of nitrogens with zero attached hydrogens (tertiary/aromatic N) is 1. The van der Waals surface area contributed by atoms with Crippen LogP contribution in [-0.2, 0) is 11.2 Å². The first kappa shape index (κ1) is 21.3. The first-order valence-corrected chi connectivity index (χ1v) is 9.50. The van der Waals surface area contributed by atoms with Crippen molar-refractivity contribution in [3.63, 3.8) is 0 Å². The minimum absolute atomic E-state index is 0.109. The van der Waals surface area contributed by atoms with Crippen LogP contribution in [0.4, 0.5) is 0 Å². The Morgan fingerprint density at radius 3 is 2.50 bits per heavy atom. The van der Waals surface area contributed by atoms with Gasteiger partial charge in [-0.3, -0.25) is 4.79 Å². The lowest BCUT2D eigenvalue weighted by atomic mass is 10.1. The lowest BCUT2D eigenvalue weighted by Gasteiger charge is -2.09. The SMILES string of the molecule is CCCCc1ccc(OCC(=O)N/N=C\c2cc(OC)ccc2OCC)cc1. The normalized spacial score (nSPS) is 10.7. The van der Waals surface area contributed by atoms with E-state index in [1.54, 1.807) is 19.2 Å². The molecule has 0 saturated heterocycles. The van der Waals surface area contributed by atoms with Crippen molar-refractivity contribution in [3.8, 4) is 17.2 Å². The van der Waals surface area contributed by atoms with Crippen molar-refractivity contribution in [2.24, 2.45) is 5.10 Å². The highest BCUT2D eigenvalue weighted by atomic mass is 16.5. The largest absolute Gasteiger partial charge is 0.497 e. The third kappa shape index (κ3) is 6.95. The Balaban J connectivity index is 1.85. The van der Waals surface area contributed by atoms with E-state index in [2.05, 4.69) is 17.5 Å². The second-order valence-corrected chi connectivity index (χ2v) is 6.17. The van der Waals surface area contributed by atoms with Crippen molar-refractivity contribution < 1.29 is 19.0 Å². The fraction of sp³-hybridized carbons (Fsp3) is 0.364. The predicted octanol–water partition coefficient (Wildman–Crippen LogP) is 3.97. The fourth-order valence-electron chi connectivity index (χ4n) is 2.53. The molecular weight excluding hydrogens is 356 g/mol. The van der Waals surface area contributed by atoms with E-state index in [9.17, 15) is 4.79 Å². The predicted molar refractivity (Wildman–Crippen MR) is 110 cm³/mol. The van der Waals surface area contributed by atoms with Gasteiger partial charge in [-0.15, -0.1) is 0 Å². The van der Waals surface area contributed by atoms with Gasteiger partial charge in [0.2, 0.25) is 0 Å². The van der Waals surface area contributed by atoms with Crippen molar-refractivity contribution in [3.05, 3.63) is 53.6 Å². The van der Waals surface area contributed by atoms with Crippen molar-refractivity contribution in [1.82, 2.24) is 5.43 Å². The zero-order valence-corrected chi connectivity index (χ0v) is 16.7. The summed E-state index contributed by atoms with van der Waals surface area (Å²) in [5, 5.41) is 3.98. The number of carbonyl (C=O) groups excluding carboxylic acids is 1. The molecule has 2 rings (SSSR count). The lowest BCUT2D eigenvalue weighted by molar-refractivity contribution is -0.123. The Bertz CT molecular complexity index is 773. The van der Waals surface area contributed by atoms with Gasteiger partial charge in [-0.25, -0.2) is 5.43 Å². The van der Waals surface area contributed by atoms with Crippen molar-refractivity contribution >= 4 is 12.1 Å². The summed E-state index contributed by atoms with van der Waals surface area (Å²) in [7, 11) is 1.59. The Morgan fingerprint density at radius 1 is 1.07 bits per heavy atom. The van der Waals surface area contributed by atoms with Crippen LogP contribution in [0.15, 0.2) is 47.6 Å². The molecule has 0 heterocycles. The van der Waals surface area contributed by atoms with E-state index in [1.165, 1.54) is 24.6 Å². The van der Waals surface area contributed by atoms with E-state index in [0.717, 1.165) is 6.42 Å². The maximum atomic E-state index is 11.9. The summed E-state index contributed by atoms with van der Waals surface area (Å²) in [5.74, 6) is 1.67. The molecule has 1 N–H and O–H groups in total. The Labute approximate surface area is 166 Å². The molecule has 0 spiro atoms. The quantitative estimate of drug-likeness (QED) is 0.470.